The van der Waals surface area contributed by atoms with Gasteiger partial charge in [0.25, 0.3) is 5.91 Å². The van der Waals surface area contributed by atoms with E-state index >= 15 is 0 Å². The van der Waals surface area contributed by atoms with Crippen LogP contribution < -0.4 is 11.2 Å². The zero-order valence-corrected chi connectivity index (χ0v) is 15.6. The van der Waals surface area contributed by atoms with Crippen molar-refractivity contribution in [1.29, 1.82) is 0 Å². The lowest BCUT2D eigenvalue weighted by Gasteiger charge is -2.27. The Bertz CT molecular complexity index is 873. The number of benzene rings is 1. The molecule has 2 rings (SSSR count). The van der Waals surface area contributed by atoms with Gasteiger partial charge in [0.05, 0.1) is 5.52 Å². The number of nitrogens with two attached hydrogens (primary N) is 1. The molecule has 27 heavy (non-hydrogen) atoms. The highest BCUT2D eigenvalue weighted by Gasteiger charge is 2.43. The van der Waals surface area contributed by atoms with Gasteiger partial charge in [0, 0.05) is 18.0 Å². The highest BCUT2D eigenvalue weighted by Crippen LogP contribution is 2.32. The maximum absolute atomic E-state index is 13.3. The van der Waals surface area contributed by atoms with Gasteiger partial charge in [-0.15, -0.1) is 0 Å². The molecule has 0 saturated heterocycles. The van der Waals surface area contributed by atoms with E-state index in [1.165, 1.54) is 17.7 Å². The Morgan fingerprint density at radius 3 is 2.44 bits per heavy atom. The van der Waals surface area contributed by atoms with E-state index in [1.807, 2.05) is 13.8 Å². The SMILES string of the molecule is CC(C)CC(C)(C(=O)NO)C(=O)n1cc(CC(N)C(=O)O)c2ccccc21. The van der Waals surface area contributed by atoms with Gasteiger partial charge >= 0.3 is 5.97 Å². The third-order valence-electron chi connectivity index (χ3n) is 4.66. The number of nitrogens with one attached hydrogen (secondary N) is 1. The Balaban J connectivity index is 2.58. The number of rotatable bonds is 7. The topological polar surface area (TPSA) is 135 Å². The largest absolute Gasteiger partial charge is 0.480 e. The van der Waals surface area contributed by atoms with Crippen molar-refractivity contribution >= 4 is 28.7 Å². The predicted molar refractivity (Wildman–Crippen MR) is 99.4 cm³/mol. The zero-order valence-electron chi connectivity index (χ0n) is 15.6. The first-order valence-electron chi connectivity index (χ1n) is 8.68. The molecular formula is C19H25N3O5. The third kappa shape index (κ3) is 4.01. The van der Waals surface area contributed by atoms with Crippen LogP contribution in [-0.2, 0) is 16.0 Å². The Hall–Kier alpha value is -2.71. The van der Waals surface area contributed by atoms with Crippen molar-refractivity contribution < 1.29 is 24.7 Å². The molecule has 1 aromatic heterocycles. The van der Waals surface area contributed by atoms with Gasteiger partial charge in [0.15, 0.2) is 0 Å². The molecule has 2 aromatic rings. The van der Waals surface area contributed by atoms with Crippen molar-refractivity contribution in [3.05, 3.63) is 36.0 Å². The summed E-state index contributed by atoms with van der Waals surface area (Å²) in [6, 6.07) is 5.91. The molecule has 0 radical (unpaired) electrons. The van der Waals surface area contributed by atoms with Crippen LogP contribution in [0.4, 0.5) is 0 Å². The van der Waals surface area contributed by atoms with Crippen molar-refractivity contribution in [1.82, 2.24) is 10.0 Å². The standard InChI is InChI=1S/C19H25N3O5/c1-11(2)9-19(3,17(25)21-27)18(26)22-10-12(8-14(20)16(23)24)13-6-4-5-7-15(13)22/h4-7,10-11,14,27H,8-9,20H2,1-3H3,(H,21,25)(H,23,24). The molecule has 1 heterocycles. The fourth-order valence-corrected chi connectivity index (χ4v) is 3.39. The molecular weight excluding hydrogens is 350 g/mol. The summed E-state index contributed by atoms with van der Waals surface area (Å²) in [4.78, 5) is 36.7. The molecule has 0 aliphatic carbocycles. The number of aliphatic carboxylic acids is 1. The molecule has 2 unspecified atom stereocenters. The lowest BCUT2D eigenvalue weighted by Crippen LogP contribution is -2.46. The molecule has 5 N–H and O–H groups in total. The second-order valence-electron chi connectivity index (χ2n) is 7.37. The Kier molecular flexibility index (Phi) is 6.02. The molecule has 0 saturated carbocycles. The quantitative estimate of drug-likeness (QED) is 0.331. The van der Waals surface area contributed by atoms with E-state index in [9.17, 15) is 14.4 Å². The van der Waals surface area contributed by atoms with E-state index in [0.717, 1.165) is 0 Å². The van der Waals surface area contributed by atoms with Crippen LogP contribution >= 0.6 is 0 Å². The lowest BCUT2D eigenvalue weighted by molar-refractivity contribution is -0.138. The summed E-state index contributed by atoms with van der Waals surface area (Å²) in [6.07, 6.45) is 1.80. The first-order valence-corrected chi connectivity index (χ1v) is 8.68. The lowest BCUT2D eigenvalue weighted by atomic mass is 9.80. The Labute approximate surface area is 156 Å². The molecule has 0 fully saturated rings. The van der Waals surface area contributed by atoms with Crippen molar-refractivity contribution in [2.24, 2.45) is 17.1 Å². The number of hydroxylamine groups is 1. The van der Waals surface area contributed by atoms with Crippen LogP contribution in [0, 0.1) is 11.3 Å². The van der Waals surface area contributed by atoms with E-state index in [0.29, 0.717) is 16.5 Å². The molecule has 8 nitrogen and oxygen atoms in total. The van der Waals surface area contributed by atoms with Crippen molar-refractivity contribution in [3.8, 4) is 0 Å². The van der Waals surface area contributed by atoms with Gasteiger partial charge in [-0.25, -0.2) is 5.48 Å². The van der Waals surface area contributed by atoms with Crippen molar-refractivity contribution in [2.45, 2.75) is 39.7 Å². The first kappa shape index (κ1) is 20.6. The number of carbonyl (C=O) groups excluding carboxylic acids is 2. The van der Waals surface area contributed by atoms with E-state index < -0.39 is 29.2 Å². The zero-order chi connectivity index (χ0) is 20.4. The van der Waals surface area contributed by atoms with E-state index in [2.05, 4.69) is 0 Å². The van der Waals surface area contributed by atoms with E-state index in [4.69, 9.17) is 16.0 Å². The third-order valence-corrected chi connectivity index (χ3v) is 4.66. The molecule has 8 heteroatoms. The van der Waals surface area contributed by atoms with Crippen LogP contribution in [0.5, 0.6) is 0 Å². The number of hydrogen-bond donors (Lipinski definition) is 4. The summed E-state index contributed by atoms with van der Waals surface area (Å²) >= 11 is 0. The van der Waals surface area contributed by atoms with Crippen LogP contribution in [0.2, 0.25) is 0 Å². The summed E-state index contributed by atoms with van der Waals surface area (Å²) in [5.41, 5.74) is 6.91. The second-order valence-corrected chi connectivity index (χ2v) is 7.37. The van der Waals surface area contributed by atoms with Gasteiger partial charge in [0.1, 0.15) is 11.5 Å². The first-order chi connectivity index (χ1) is 12.6. The number of carbonyl (C=O) groups is 3. The van der Waals surface area contributed by atoms with Crippen LogP contribution in [0.1, 0.15) is 37.6 Å². The molecule has 0 spiro atoms. The molecule has 1 aromatic carbocycles. The number of aromatic nitrogens is 1. The van der Waals surface area contributed by atoms with Crippen LogP contribution in [0.3, 0.4) is 0 Å². The average molecular weight is 375 g/mol. The molecule has 1 amide bonds. The van der Waals surface area contributed by atoms with Gasteiger partial charge in [-0.2, -0.15) is 0 Å². The number of carboxylic acid groups (broad SMARTS) is 1. The summed E-state index contributed by atoms with van der Waals surface area (Å²) in [5.74, 6) is -2.41. The number of amides is 1. The maximum atomic E-state index is 13.3. The predicted octanol–water partition coefficient (Wildman–Crippen LogP) is 1.79. The molecule has 0 bridgehead atoms. The Morgan fingerprint density at radius 2 is 1.89 bits per heavy atom. The van der Waals surface area contributed by atoms with Gasteiger partial charge < -0.3 is 10.8 Å². The number of para-hydroxylation sites is 1. The van der Waals surface area contributed by atoms with Gasteiger partial charge in [-0.1, -0.05) is 32.0 Å². The van der Waals surface area contributed by atoms with Crippen molar-refractivity contribution in [3.63, 3.8) is 0 Å². The van der Waals surface area contributed by atoms with Gasteiger partial charge in [0.2, 0.25) is 5.91 Å². The Morgan fingerprint density at radius 1 is 1.26 bits per heavy atom. The fourth-order valence-electron chi connectivity index (χ4n) is 3.39. The summed E-state index contributed by atoms with van der Waals surface area (Å²) in [5, 5.41) is 18.9. The summed E-state index contributed by atoms with van der Waals surface area (Å²) in [7, 11) is 0. The van der Waals surface area contributed by atoms with Gasteiger partial charge in [-0.05, 0) is 30.9 Å². The maximum Gasteiger partial charge on any atom is 0.320 e. The van der Waals surface area contributed by atoms with Crippen LogP contribution in [0.25, 0.3) is 10.9 Å². The minimum Gasteiger partial charge on any atom is -0.480 e. The van der Waals surface area contributed by atoms with Gasteiger partial charge in [-0.3, -0.25) is 24.2 Å². The molecule has 0 aliphatic rings. The molecule has 0 aliphatic heterocycles. The average Bonchev–Trinajstić information content (AvgIpc) is 2.98. The number of fused-ring (bicyclic) bond motifs is 1. The summed E-state index contributed by atoms with van der Waals surface area (Å²) < 4.78 is 1.34. The van der Waals surface area contributed by atoms with Crippen LogP contribution in [-0.4, -0.2) is 38.7 Å². The summed E-state index contributed by atoms with van der Waals surface area (Å²) in [6.45, 7) is 5.24. The second kappa shape index (κ2) is 7.89. The minimum atomic E-state index is -1.49. The minimum absolute atomic E-state index is 0.0259. The smallest absolute Gasteiger partial charge is 0.320 e. The highest BCUT2D eigenvalue weighted by molar-refractivity contribution is 6.08. The van der Waals surface area contributed by atoms with Crippen LogP contribution in [0.15, 0.2) is 30.5 Å². The number of carboxylic acids is 1. The normalized spacial score (nSPS) is 14.7. The highest BCUT2D eigenvalue weighted by atomic mass is 16.5. The number of hydrogen-bond acceptors (Lipinski definition) is 5. The number of nitrogens with zero attached hydrogens (tertiary/aromatic N) is 1. The van der Waals surface area contributed by atoms with E-state index in [1.54, 1.807) is 29.7 Å². The molecule has 2 atom stereocenters. The molecule has 146 valence electrons. The fraction of sp³-hybridized carbons (Fsp3) is 0.421. The monoisotopic (exact) mass is 375 g/mol. The van der Waals surface area contributed by atoms with E-state index in [-0.39, 0.29) is 18.8 Å². The van der Waals surface area contributed by atoms with Crippen molar-refractivity contribution in [2.75, 3.05) is 0 Å².